The Kier molecular flexibility index (Phi) is 7.33. The van der Waals surface area contributed by atoms with E-state index in [4.69, 9.17) is 33.2 Å². The Balaban J connectivity index is 1.87. The van der Waals surface area contributed by atoms with Crippen molar-refractivity contribution >= 4 is 34.9 Å². The summed E-state index contributed by atoms with van der Waals surface area (Å²) >= 11 is 12.3. The number of nitrogens with one attached hydrogen (secondary N) is 1. The van der Waals surface area contributed by atoms with E-state index < -0.39 is 0 Å². The number of halogens is 2. The maximum absolute atomic E-state index is 11.6. The largest absolute Gasteiger partial charge is 0.373 e. The molecule has 1 fully saturated rings. The molecule has 29 heavy (non-hydrogen) atoms. The molecule has 0 radical (unpaired) electrons. The van der Waals surface area contributed by atoms with Gasteiger partial charge in [0.2, 0.25) is 5.91 Å². The average Bonchev–Trinajstić information content (AvgIpc) is 2.70. The van der Waals surface area contributed by atoms with Crippen LogP contribution < -0.4 is 5.32 Å². The third-order valence-electron chi connectivity index (χ3n) is 5.27. The lowest BCUT2D eigenvalue weighted by Gasteiger charge is -2.35. The Hall–Kier alpha value is -1.89. The molecule has 1 saturated heterocycles. The number of likely N-dealkylation sites (tertiary alicyclic amines) is 1. The Bertz CT molecular complexity index is 876. The van der Waals surface area contributed by atoms with E-state index in [9.17, 15) is 4.79 Å². The van der Waals surface area contributed by atoms with Gasteiger partial charge in [-0.25, -0.2) is 9.97 Å². The van der Waals surface area contributed by atoms with Crippen molar-refractivity contribution in [1.29, 1.82) is 0 Å². The van der Waals surface area contributed by atoms with Gasteiger partial charge < -0.3 is 10.2 Å². The molecule has 1 aromatic carbocycles. The Labute approximate surface area is 182 Å². The van der Waals surface area contributed by atoms with Crippen LogP contribution >= 0.6 is 23.2 Å². The van der Waals surface area contributed by atoms with Gasteiger partial charge in [-0.2, -0.15) is 0 Å². The van der Waals surface area contributed by atoms with Crippen LogP contribution in [0.1, 0.15) is 49.3 Å². The summed E-state index contributed by atoms with van der Waals surface area (Å²) in [6, 6.07) is 7.79. The minimum atomic E-state index is 0.00933. The van der Waals surface area contributed by atoms with Gasteiger partial charge in [0, 0.05) is 33.6 Å². The van der Waals surface area contributed by atoms with E-state index in [1.165, 1.54) is 0 Å². The van der Waals surface area contributed by atoms with Gasteiger partial charge in [0.15, 0.2) is 0 Å². The second-order valence-corrected chi connectivity index (χ2v) is 8.27. The highest BCUT2D eigenvalue weighted by molar-refractivity contribution is 6.42. The smallest absolute Gasteiger partial charge is 0.219 e. The Morgan fingerprint density at radius 2 is 2.03 bits per heavy atom. The van der Waals surface area contributed by atoms with E-state index in [1.807, 2.05) is 31.3 Å². The Morgan fingerprint density at radius 3 is 2.72 bits per heavy atom. The summed E-state index contributed by atoms with van der Waals surface area (Å²) in [5.41, 5.74) is 1.95. The minimum Gasteiger partial charge on any atom is -0.373 e. The molecule has 0 spiro atoms. The molecule has 2 heterocycles. The van der Waals surface area contributed by atoms with Crippen molar-refractivity contribution in [2.24, 2.45) is 0 Å². The molecule has 3 rings (SSSR count). The monoisotopic (exact) mass is 435 g/mol. The predicted octanol–water partition coefficient (Wildman–Crippen LogP) is 4.53. The van der Waals surface area contributed by atoms with Crippen LogP contribution in [-0.4, -0.2) is 46.3 Å². The number of rotatable bonds is 6. The van der Waals surface area contributed by atoms with E-state index in [0.717, 1.165) is 55.3 Å². The molecule has 6 nitrogen and oxygen atoms in total. The van der Waals surface area contributed by atoms with Crippen LogP contribution in [0.25, 0.3) is 0 Å². The summed E-state index contributed by atoms with van der Waals surface area (Å²) in [6.07, 6.45) is 3.28. The first-order valence-corrected chi connectivity index (χ1v) is 10.6. The zero-order valence-electron chi connectivity index (χ0n) is 17.1. The van der Waals surface area contributed by atoms with Crippen LogP contribution in [-0.2, 0) is 17.9 Å². The van der Waals surface area contributed by atoms with Gasteiger partial charge in [-0.1, -0.05) is 35.7 Å². The van der Waals surface area contributed by atoms with E-state index in [0.29, 0.717) is 16.6 Å². The van der Waals surface area contributed by atoms with Crippen LogP contribution in [0.15, 0.2) is 24.3 Å². The van der Waals surface area contributed by atoms with Crippen LogP contribution in [0.5, 0.6) is 0 Å². The second-order valence-electron chi connectivity index (χ2n) is 7.46. The summed E-state index contributed by atoms with van der Waals surface area (Å²) in [6.45, 7) is 3.75. The first kappa shape index (κ1) is 21.8. The predicted molar refractivity (Wildman–Crippen MR) is 117 cm³/mol. The molecule has 1 aromatic heterocycles. The zero-order chi connectivity index (χ0) is 21.0. The minimum absolute atomic E-state index is 0.00933. The van der Waals surface area contributed by atoms with Crippen LogP contribution in [0.2, 0.25) is 10.0 Å². The topological polar surface area (TPSA) is 61.4 Å². The van der Waals surface area contributed by atoms with Crippen molar-refractivity contribution in [2.45, 2.75) is 45.3 Å². The molecule has 0 saturated carbocycles. The number of aromatic nitrogens is 2. The first-order chi connectivity index (χ1) is 13.9. The number of nitrogens with zero attached hydrogens (tertiary/aromatic N) is 4. The van der Waals surface area contributed by atoms with Gasteiger partial charge in [-0.15, -0.1) is 0 Å². The van der Waals surface area contributed by atoms with Crippen molar-refractivity contribution in [1.82, 2.24) is 19.8 Å². The first-order valence-electron chi connectivity index (χ1n) is 9.82. The highest BCUT2D eigenvalue weighted by atomic mass is 35.5. The van der Waals surface area contributed by atoms with Gasteiger partial charge in [0.05, 0.1) is 28.3 Å². The highest BCUT2D eigenvalue weighted by Crippen LogP contribution is 2.32. The number of anilines is 1. The summed E-state index contributed by atoms with van der Waals surface area (Å²) in [5.74, 6) is 1.57. The normalized spacial score (nSPS) is 17.2. The van der Waals surface area contributed by atoms with Gasteiger partial charge in [0.25, 0.3) is 0 Å². The molecule has 1 atom stereocenters. The summed E-state index contributed by atoms with van der Waals surface area (Å²) in [7, 11) is 3.62. The number of carbonyl (C=O) groups excluding carboxylic acids is 1. The molecule has 1 aliphatic heterocycles. The van der Waals surface area contributed by atoms with Crippen molar-refractivity contribution in [3.63, 3.8) is 0 Å². The van der Waals surface area contributed by atoms with Gasteiger partial charge in [-0.05, 0) is 37.1 Å². The maximum Gasteiger partial charge on any atom is 0.219 e. The van der Waals surface area contributed by atoms with Crippen molar-refractivity contribution in [2.75, 3.05) is 26.0 Å². The SMILES string of the molecule is CNc1cc(CN(C)C(C)=O)nc(C2CCCCN2Cc2ccc(Cl)c(Cl)c2)n1. The van der Waals surface area contributed by atoms with E-state index in [1.54, 1.807) is 18.9 Å². The van der Waals surface area contributed by atoms with E-state index in [-0.39, 0.29) is 11.9 Å². The quantitative estimate of drug-likeness (QED) is 0.721. The molecular weight excluding hydrogens is 409 g/mol. The van der Waals surface area contributed by atoms with Crippen LogP contribution in [0.3, 0.4) is 0 Å². The van der Waals surface area contributed by atoms with Crippen molar-refractivity contribution < 1.29 is 4.79 Å². The summed E-state index contributed by atoms with van der Waals surface area (Å²) in [4.78, 5) is 25.2. The average molecular weight is 436 g/mol. The molecule has 1 aliphatic rings. The number of piperidine rings is 1. The number of hydrogen-bond donors (Lipinski definition) is 1. The van der Waals surface area contributed by atoms with Crippen LogP contribution in [0, 0.1) is 0 Å². The van der Waals surface area contributed by atoms with E-state index in [2.05, 4.69) is 10.2 Å². The molecule has 0 bridgehead atoms. The van der Waals surface area contributed by atoms with Crippen molar-refractivity contribution in [3.8, 4) is 0 Å². The molecular formula is C21H27Cl2N5O. The number of carbonyl (C=O) groups is 1. The van der Waals surface area contributed by atoms with Gasteiger partial charge >= 0.3 is 0 Å². The van der Waals surface area contributed by atoms with Gasteiger partial charge in [-0.3, -0.25) is 9.69 Å². The zero-order valence-corrected chi connectivity index (χ0v) is 18.6. The molecule has 156 valence electrons. The number of benzene rings is 1. The fraction of sp³-hybridized carbons (Fsp3) is 0.476. The summed E-state index contributed by atoms with van der Waals surface area (Å²) in [5, 5.41) is 4.26. The third-order valence-corrected chi connectivity index (χ3v) is 6.01. The van der Waals surface area contributed by atoms with E-state index >= 15 is 0 Å². The van der Waals surface area contributed by atoms with Crippen molar-refractivity contribution in [3.05, 3.63) is 51.4 Å². The standard InChI is InChI=1S/C21H27Cl2N5O/c1-14(29)27(3)13-16-11-20(24-2)26-21(25-16)19-6-4-5-9-28(19)12-15-7-8-17(22)18(23)10-15/h7-8,10-11,19H,4-6,9,12-13H2,1-3H3,(H,24,25,26). The van der Waals surface area contributed by atoms with Gasteiger partial charge in [0.1, 0.15) is 11.6 Å². The second kappa shape index (κ2) is 9.74. The Morgan fingerprint density at radius 1 is 1.24 bits per heavy atom. The third kappa shape index (κ3) is 5.59. The molecule has 1 unspecified atom stereocenters. The fourth-order valence-electron chi connectivity index (χ4n) is 3.58. The fourth-order valence-corrected chi connectivity index (χ4v) is 3.90. The highest BCUT2D eigenvalue weighted by Gasteiger charge is 2.27. The molecule has 0 aliphatic carbocycles. The lowest BCUT2D eigenvalue weighted by molar-refractivity contribution is -0.128. The van der Waals surface area contributed by atoms with Crippen LogP contribution in [0.4, 0.5) is 5.82 Å². The number of hydrogen-bond acceptors (Lipinski definition) is 5. The molecule has 8 heteroatoms. The summed E-state index contributed by atoms with van der Waals surface area (Å²) < 4.78 is 0. The maximum atomic E-state index is 11.6. The number of amides is 1. The lowest BCUT2D eigenvalue weighted by Crippen LogP contribution is -2.34. The molecule has 2 aromatic rings. The molecule has 1 N–H and O–H groups in total. The lowest BCUT2D eigenvalue weighted by atomic mass is 10.00. The molecule has 1 amide bonds.